The van der Waals surface area contributed by atoms with Gasteiger partial charge >= 0.3 is 0 Å². The van der Waals surface area contributed by atoms with E-state index < -0.39 is 0 Å². The molecule has 0 atom stereocenters. The lowest BCUT2D eigenvalue weighted by atomic mass is 10.1. The van der Waals surface area contributed by atoms with E-state index in [1.165, 1.54) is 0 Å². The zero-order valence-electron chi connectivity index (χ0n) is 15.8. The summed E-state index contributed by atoms with van der Waals surface area (Å²) < 4.78 is 0. The van der Waals surface area contributed by atoms with Gasteiger partial charge in [0, 0.05) is 32.7 Å². The molecular weight excluding hydrogens is 352 g/mol. The minimum absolute atomic E-state index is 0.0422. The molecule has 1 aliphatic rings. The molecule has 0 aromatic heterocycles. The van der Waals surface area contributed by atoms with Crippen molar-refractivity contribution in [2.24, 2.45) is 0 Å². The molecule has 0 spiro atoms. The molecule has 2 aromatic rings. The predicted octanol–water partition coefficient (Wildman–Crippen LogP) is 1.56. The van der Waals surface area contributed by atoms with Crippen LogP contribution in [0.15, 0.2) is 54.6 Å². The Morgan fingerprint density at radius 2 is 1.61 bits per heavy atom. The summed E-state index contributed by atoms with van der Waals surface area (Å²) in [6.45, 7) is 3.75. The highest BCUT2D eigenvalue weighted by molar-refractivity contribution is 5.85. The molecule has 0 saturated carbocycles. The molecule has 1 N–H and O–H groups in total. The third-order valence-electron chi connectivity index (χ3n) is 4.86. The SMILES string of the molecule is N#Cc1ccc(CN2CCN(C(=O)CNC(=O)Cc3ccccc3)CC2)cc1. The number of nitrogens with zero attached hydrogens (tertiary/aromatic N) is 3. The van der Waals surface area contributed by atoms with Gasteiger partial charge in [0.15, 0.2) is 0 Å². The maximum absolute atomic E-state index is 12.4. The molecule has 1 saturated heterocycles. The van der Waals surface area contributed by atoms with Crippen LogP contribution in [0, 0.1) is 11.3 Å². The Morgan fingerprint density at radius 3 is 2.25 bits per heavy atom. The molecule has 28 heavy (non-hydrogen) atoms. The summed E-state index contributed by atoms with van der Waals surface area (Å²) in [7, 11) is 0. The standard InChI is InChI=1S/C22H24N4O2/c23-15-19-6-8-20(9-7-19)17-25-10-12-26(13-11-25)22(28)16-24-21(27)14-18-4-2-1-3-5-18/h1-9H,10-14,16-17H2,(H,24,27). The lowest BCUT2D eigenvalue weighted by Gasteiger charge is -2.34. The maximum Gasteiger partial charge on any atom is 0.242 e. The zero-order valence-corrected chi connectivity index (χ0v) is 15.8. The Kier molecular flexibility index (Phi) is 6.77. The van der Waals surface area contributed by atoms with Crippen LogP contribution in [0.1, 0.15) is 16.7 Å². The van der Waals surface area contributed by atoms with Crippen molar-refractivity contribution in [2.75, 3.05) is 32.7 Å². The first-order valence-electron chi connectivity index (χ1n) is 9.44. The van der Waals surface area contributed by atoms with E-state index in [2.05, 4.69) is 16.3 Å². The fourth-order valence-corrected chi connectivity index (χ4v) is 3.23. The van der Waals surface area contributed by atoms with Gasteiger partial charge in [0.1, 0.15) is 0 Å². The van der Waals surface area contributed by atoms with Crippen molar-refractivity contribution < 1.29 is 9.59 Å². The molecule has 0 radical (unpaired) electrons. The van der Waals surface area contributed by atoms with Gasteiger partial charge in [-0.3, -0.25) is 14.5 Å². The number of amides is 2. The van der Waals surface area contributed by atoms with Crippen molar-refractivity contribution in [2.45, 2.75) is 13.0 Å². The van der Waals surface area contributed by atoms with Gasteiger partial charge in [-0.05, 0) is 23.3 Å². The van der Waals surface area contributed by atoms with Gasteiger partial charge in [0.2, 0.25) is 11.8 Å². The highest BCUT2D eigenvalue weighted by atomic mass is 16.2. The lowest BCUT2D eigenvalue weighted by molar-refractivity contribution is -0.134. The molecule has 1 aliphatic heterocycles. The third kappa shape index (κ3) is 5.66. The normalized spacial score (nSPS) is 14.3. The predicted molar refractivity (Wildman–Crippen MR) is 106 cm³/mol. The average Bonchev–Trinajstić information content (AvgIpc) is 2.74. The largest absolute Gasteiger partial charge is 0.347 e. The second-order valence-electron chi connectivity index (χ2n) is 6.90. The van der Waals surface area contributed by atoms with Crippen molar-refractivity contribution in [3.8, 4) is 6.07 Å². The minimum Gasteiger partial charge on any atom is -0.347 e. The Hall–Kier alpha value is -3.17. The fraction of sp³-hybridized carbons (Fsp3) is 0.318. The summed E-state index contributed by atoms with van der Waals surface area (Å²) >= 11 is 0. The Morgan fingerprint density at radius 1 is 0.929 bits per heavy atom. The first-order chi connectivity index (χ1) is 13.6. The number of nitrogens with one attached hydrogen (secondary N) is 1. The summed E-state index contributed by atoms with van der Waals surface area (Å²) in [6.07, 6.45) is 0.284. The van der Waals surface area contributed by atoms with Gasteiger partial charge in [-0.2, -0.15) is 5.26 Å². The van der Waals surface area contributed by atoms with Crippen molar-refractivity contribution in [1.82, 2.24) is 15.1 Å². The molecule has 0 unspecified atom stereocenters. The molecule has 1 fully saturated rings. The number of hydrogen-bond acceptors (Lipinski definition) is 4. The van der Waals surface area contributed by atoms with E-state index in [0.717, 1.165) is 30.8 Å². The topological polar surface area (TPSA) is 76.4 Å². The maximum atomic E-state index is 12.4. The first kappa shape index (κ1) is 19.6. The van der Waals surface area contributed by atoms with Crippen molar-refractivity contribution >= 4 is 11.8 Å². The van der Waals surface area contributed by atoms with E-state index in [1.54, 1.807) is 4.90 Å². The number of rotatable bonds is 6. The minimum atomic E-state index is -0.140. The number of carbonyl (C=O) groups excluding carboxylic acids is 2. The Balaban J connectivity index is 1.38. The molecule has 144 valence electrons. The highest BCUT2D eigenvalue weighted by Gasteiger charge is 2.21. The number of carbonyl (C=O) groups is 2. The first-order valence-corrected chi connectivity index (χ1v) is 9.44. The van der Waals surface area contributed by atoms with Gasteiger partial charge in [-0.25, -0.2) is 0 Å². The van der Waals surface area contributed by atoms with E-state index in [4.69, 9.17) is 5.26 Å². The van der Waals surface area contributed by atoms with Crippen LogP contribution in [0.2, 0.25) is 0 Å². The van der Waals surface area contributed by atoms with Gasteiger partial charge in [0.25, 0.3) is 0 Å². The van der Waals surface area contributed by atoms with Crippen LogP contribution in [-0.4, -0.2) is 54.3 Å². The number of hydrogen-bond donors (Lipinski definition) is 1. The molecule has 0 bridgehead atoms. The molecule has 0 aliphatic carbocycles. The van der Waals surface area contributed by atoms with Crippen LogP contribution in [0.5, 0.6) is 0 Å². The summed E-state index contributed by atoms with van der Waals surface area (Å²) in [5.41, 5.74) is 2.75. The van der Waals surface area contributed by atoms with Crippen LogP contribution in [0.3, 0.4) is 0 Å². The Labute approximate surface area is 165 Å². The molecule has 3 rings (SSSR count). The number of nitriles is 1. The average molecular weight is 376 g/mol. The second kappa shape index (κ2) is 9.67. The van der Waals surface area contributed by atoms with E-state index in [1.807, 2.05) is 54.6 Å². The lowest BCUT2D eigenvalue weighted by Crippen LogP contribution is -2.50. The van der Waals surface area contributed by atoms with E-state index in [9.17, 15) is 9.59 Å². The van der Waals surface area contributed by atoms with E-state index >= 15 is 0 Å². The van der Waals surface area contributed by atoms with Crippen LogP contribution >= 0.6 is 0 Å². The summed E-state index contributed by atoms with van der Waals surface area (Å²) in [4.78, 5) is 28.4. The van der Waals surface area contributed by atoms with Gasteiger partial charge in [0.05, 0.1) is 24.6 Å². The molecule has 1 heterocycles. The van der Waals surface area contributed by atoms with E-state index in [-0.39, 0.29) is 24.8 Å². The highest BCUT2D eigenvalue weighted by Crippen LogP contribution is 2.10. The molecular formula is C22H24N4O2. The number of piperazine rings is 1. The summed E-state index contributed by atoms with van der Waals surface area (Å²) in [5, 5.41) is 11.6. The molecule has 6 heteroatoms. The van der Waals surface area contributed by atoms with Crippen LogP contribution in [-0.2, 0) is 22.6 Å². The fourth-order valence-electron chi connectivity index (χ4n) is 3.23. The van der Waals surface area contributed by atoms with Crippen LogP contribution in [0.4, 0.5) is 0 Å². The smallest absolute Gasteiger partial charge is 0.242 e. The zero-order chi connectivity index (χ0) is 19.8. The third-order valence-corrected chi connectivity index (χ3v) is 4.86. The van der Waals surface area contributed by atoms with Gasteiger partial charge in [-0.1, -0.05) is 42.5 Å². The molecule has 2 amide bonds. The summed E-state index contributed by atoms with van der Waals surface area (Å²) in [5.74, 6) is -0.182. The summed E-state index contributed by atoms with van der Waals surface area (Å²) in [6, 6.07) is 19.2. The van der Waals surface area contributed by atoms with Crippen LogP contribution in [0.25, 0.3) is 0 Å². The van der Waals surface area contributed by atoms with Crippen LogP contribution < -0.4 is 5.32 Å². The van der Waals surface area contributed by atoms with Crippen molar-refractivity contribution in [1.29, 1.82) is 5.26 Å². The van der Waals surface area contributed by atoms with Gasteiger partial charge < -0.3 is 10.2 Å². The van der Waals surface area contributed by atoms with E-state index in [0.29, 0.717) is 18.7 Å². The quantitative estimate of drug-likeness (QED) is 0.830. The second-order valence-corrected chi connectivity index (χ2v) is 6.90. The number of benzene rings is 2. The molecule has 6 nitrogen and oxygen atoms in total. The Bertz CT molecular complexity index is 835. The monoisotopic (exact) mass is 376 g/mol. The van der Waals surface area contributed by atoms with Gasteiger partial charge in [-0.15, -0.1) is 0 Å². The van der Waals surface area contributed by atoms with Crippen molar-refractivity contribution in [3.63, 3.8) is 0 Å². The molecule has 2 aromatic carbocycles. The van der Waals surface area contributed by atoms with Crippen molar-refractivity contribution in [3.05, 3.63) is 71.3 Å².